The molecule has 0 saturated heterocycles. The third kappa shape index (κ3) is 16.7. The number of aliphatic carboxylic acids is 1. The fourth-order valence-corrected chi connectivity index (χ4v) is 7.92. The molecule has 1 unspecified atom stereocenters. The molecule has 0 radical (unpaired) electrons. The summed E-state index contributed by atoms with van der Waals surface area (Å²) in [6.45, 7) is 4.03. The van der Waals surface area contributed by atoms with Crippen LogP contribution < -0.4 is 21.3 Å². The molecule has 1 heterocycles. The van der Waals surface area contributed by atoms with E-state index in [-0.39, 0.29) is 53.4 Å². The van der Waals surface area contributed by atoms with E-state index >= 15 is 0 Å². The summed E-state index contributed by atoms with van der Waals surface area (Å²) in [7, 11) is 2.72. The van der Waals surface area contributed by atoms with Crippen LogP contribution >= 0.6 is 0 Å². The highest BCUT2D eigenvalue weighted by Crippen LogP contribution is 2.38. The van der Waals surface area contributed by atoms with Gasteiger partial charge in [0.1, 0.15) is 41.7 Å². The molecule has 17 nitrogen and oxygen atoms in total. The van der Waals surface area contributed by atoms with Crippen LogP contribution in [0.15, 0.2) is 36.4 Å². The van der Waals surface area contributed by atoms with Crippen molar-refractivity contribution < 1.29 is 54.0 Å². The lowest BCUT2D eigenvalue weighted by atomic mass is 9.93. The summed E-state index contributed by atoms with van der Waals surface area (Å²) in [6.07, 6.45) is 15.7. The second-order valence-electron chi connectivity index (χ2n) is 17.1. The van der Waals surface area contributed by atoms with E-state index in [2.05, 4.69) is 28.2 Å². The Balaban J connectivity index is 1.64. The molecule has 8 N–H and O–H groups in total. The van der Waals surface area contributed by atoms with Crippen molar-refractivity contribution in [3.8, 4) is 22.6 Å². The molecule has 17 heteroatoms. The van der Waals surface area contributed by atoms with Gasteiger partial charge in [-0.2, -0.15) is 0 Å². The summed E-state index contributed by atoms with van der Waals surface area (Å²) >= 11 is 0. The third-order valence-electron chi connectivity index (χ3n) is 12.0. The molecule has 2 aromatic rings. The maximum atomic E-state index is 14.1. The zero-order valence-corrected chi connectivity index (χ0v) is 38.8. The number of phenolic OH excluding ortho intramolecular Hbond substituents is 2. The van der Waals surface area contributed by atoms with Gasteiger partial charge in [-0.3, -0.25) is 28.8 Å². The summed E-state index contributed by atoms with van der Waals surface area (Å²) in [5.74, 6) is -6.11. The van der Waals surface area contributed by atoms with Crippen LogP contribution in [0.4, 0.5) is 0 Å². The number of rotatable bonds is 25. The van der Waals surface area contributed by atoms with Crippen molar-refractivity contribution in [1.29, 1.82) is 0 Å². The van der Waals surface area contributed by atoms with Crippen LogP contribution in [0.1, 0.15) is 141 Å². The lowest BCUT2D eigenvalue weighted by molar-refractivity contribution is -0.143. The normalized spacial score (nSPS) is 17.1. The smallest absolute Gasteiger partial charge is 0.326 e. The van der Waals surface area contributed by atoms with E-state index in [1.165, 1.54) is 120 Å². The van der Waals surface area contributed by atoms with E-state index in [1.54, 1.807) is 6.92 Å². The van der Waals surface area contributed by atoms with Gasteiger partial charge < -0.3 is 51.5 Å². The Labute approximate surface area is 383 Å². The second-order valence-corrected chi connectivity index (χ2v) is 17.1. The molecule has 6 amide bonds. The van der Waals surface area contributed by atoms with Gasteiger partial charge in [-0.25, -0.2) is 4.79 Å². The number of hydrogen-bond donors (Lipinski definition) is 8. The Bertz CT molecular complexity index is 1930. The van der Waals surface area contributed by atoms with Gasteiger partial charge in [0, 0.05) is 38.1 Å². The number of carboxylic acid groups (broad SMARTS) is 1. The van der Waals surface area contributed by atoms with Crippen LogP contribution in [0.5, 0.6) is 11.5 Å². The standard InChI is InChI=1S/C48H72N6O11/c1-6-8-9-10-11-12-13-14-15-16-17-18-19-21-41(58)53(4)38(30-55)46(62)50-31(3)44(60)49-29-42(59)54(5)43-33-23-25-40(57)35(28-33)34-26-32(22-24-39(34)56)27-37(48(64)65)52-45(61)36(20-7-2)51-47(43)63/h22-26,28,31,36-38,43,55-57H,6-21,27,29-30H2,1-5H3,(H,49,60)(H,50,62)(H,51,63)(H,52,61)(H,64,65)/t31-,36+,37?,38-,43+/m1/s1. The first kappa shape index (κ1) is 53.6. The molecule has 3 rings (SSSR count). The lowest BCUT2D eigenvalue weighted by Crippen LogP contribution is -2.55. The van der Waals surface area contributed by atoms with Crippen LogP contribution in [0.25, 0.3) is 11.1 Å². The Morgan fingerprint density at radius 3 is 1.88 bits per heavy atom. The highest BCUT2D eigenvalue weighted by molar-refractivity contribution is 5.96. The van der Waals surface area contributed by atoms with Gasteiger partial charge in [-0.15, -0.1) is 0 Å². The molecule has 0 fully saturated rings. The van der Waals surface area contributed by atoms with Gasteiger partial charge in [-0.1, -0.05) is 109 Å². The van der Waals surface area contributed by atoms with Crippen molar-refractivity contribution >= 4 is 41.4 Å². The second kappa shape index (κ2) is 27.6. The number of nitrogens with zero attached hydrogens (tertiary/aromatic N) is 2. The quantitative estimate of drug-likeness (QED) is 0.0640. The largest absolute Gasteiger partial charge is 0.507 e. The number of unbranched alkanes of at least 4 members (excludes halogenated alkanes) is 12. The van der Waals surface area contributed by atoms with Gasteiger partial charge in [0.2, 0.25) is 35.4 Å². The van der Waals surface area contributed by atoms with E-state index < -0.39 is 78.9 Å². The summed E-state index contributed by atoms with van der Waals surface area (Å²) < 4.78 is 0. The van der Waals surface area contributed by atoms with Gasteiger partial charge in [0.15, 0.2) is 0 Å². The molecular weight excluding hydrogens is 837 g/mol. The predicted molar refractivity (Wildman–Crippen MR) is 245 cm³/mol. The van der Waals surface area contributed by atoms with Gasteiger partial charge in [-0.05, 0) is 55.2 Å². The van der Waals surface area contributed by atoms with Crippen molar-refractivity contribution in [1.82, 2.24) is 31.1 Å². The van der Waals surface area contributed by atoms with Gasteiger partial charge >= 0.3 is 5.97 Å². The molecule has 4 bridgehead atoms. The van der Waals surface area contributed by atoms with Crippen LogP contribution in [0.3, 0.4) is 0 Å². The van der Waals surface area contributed by atoms with Crippen LogP contribution in [0.2, 0.25) is 0 Å². The molecule has 0 aliphatic carbocycles. The minimum absolute atomic E-state index is 0.0737. The number of aliphatic hydroxyl groups excluding tert-OH is 1. The maximum Gasteiger partial charge on any atom is 0.326 e. The van der Waals surface area contributed by atoms with Gasteiger partial charge in [0.25, 0.3) is 0 Å². The van der Waals surface area contributed by atoms with Crippen molar-refractivity contribution in [2.24, 2.45) is 0 Å². The number of hydrogen-bond acceptors (Lipinski definition) is 10. The number of carbonyl (C=O) groups excluding carboxylic acids is 6. The molecule has 5 atom stereocenters. The average molecular weight is 909 g/mol. The SMILES string of the molecule is CCCCCCCCCCCCCCCC(=O)N(C)[C@H](CO)C(=O)N[C@H](C)C(=O)NCC(=O)N(C)[C@@H]1C(=O)N[C@@H](CCC)C(=O)NC(C(=O)O)Cc2ccc(O)c(c2)-c2cc1ccc2O. The van der Waals surface area contributed by atoms with E-state index in [0.29, 0.717) is 18.4 Å². The monoisotopic (exact) mass is 909 g/mol. The molecule has 2 aromatic carbocycles. The lowest BCUT2D eigenvalue weighted by Gasteiger charge is -2.31. The number of carboxylic acids is 1. The molecular formula is C48H72N6O11. The number of carbonyl (C=O) groups is 7. The van der Waals surface area contributed by atoms with E-state index in [9.17, 15) is 54.0 Å². The number of phenols is 2. The Morgan fingerprint density at radius 2 is 1.31 bits per heavy atom. The van der Waals surface area contributed by atoms with E-state index in [1.807, 2.05) is 0 Å². The van der Waals surface area contributed by atoms with Crippen molar-refractivity contribution in [3.63, 3.8) is 0 Å². The first-order valence-corrected chi connectivity index (χ1v) is 23.2. The maximum absolute atomic E-state index is 14.1. The van der Waals surface area contributed by atoms with E-state index in [0.717, 1.165) is 24.2 Å². The van der Waals surface area contributed by atoms with E-state index in [4.69, 9.17) is 0 Å². The summed E-state index contributed by atoms with van der Waals surface area (Å²) in [5, 5.41) is 51.8. The Morgan fingerprint density at radius 1 is 0.738 bits per heavy atom. The van der Waals surface area contributed by atoms with Crippen molar-refractivity contribution in [2.45, 2.75) is 160 Å². The molecule has 1 aliphatic heterocycles. The summed E-state index contributed by atoms with van der Waals surface area (Å²) in [4.78, 5) is 95.1. The molecule has 0 saturated carbocycles. The fraction of sp³-hybridized carbons (Fsp3) is 0.604. The molecule has 0 spiro atoms. The number of amides is 6. The summed E-state index contributed by atoms with van der Waals surface area (Å²) in [6, 6.07) is 1.79. The summed E-state index contributed by atoms with van der Waals surface area (Å²) in [5.41, 5.74) is 0.760. The Hall–Kier alpha value is -5.71. The van der Waals surface area contributed by atoms with Crippen LogP contribution in [0, 0.1) is 0 Å². The zero-order valence-electron chi connectivity index (χ0n) is 38.8. The van der Waals surface area contributed by atoms with Crippen LogP contribution in [-0.4, -0.2) is 123 Å². The molecule has 65 heavy (non-hydrogen) atoms. The van der Waals surface area contributed by atoms with Crippen LogP contribution in [-0.2, 0) is 40.0 Å². The predicted octanol–water partition coefficient (Wildman–Crippen LogP) is 4.60. The number of nitrogens with one attached hydrogen (secondary N) is 4. The number of aliphatic hydroxyl groups is 1. The number of fused-ring (bicyclic) bond motifs is 5. The number of aromatic hydroxyl groups is 2. The first-order chi connectivity index (χ1) is 31.0. The number of benzene rings is 2. The highest BCUT2D eigenvalue weighted by Gasteiger charge is 2.35. The Kier molecular flexibility index (Phi) is 22.8. The first-order valence-electron chi connectivity index (χ1n) is 23.2. The van der Waals surface area contributed by atoms with Crippen molar-refractivity contribution in [3.05, 3.63) is 47.5 Å². The minimum atomic E-state index is -1.47. The fourth-order valence-electron chi connectivity index (χ4n) is 7.92. The molecule has 1 aliphatic rings. The minimum Gasteiger partial charge on any atom is -0.507 e. The van der Waals surface area contributed by atoms with Crippen molar-refractivity contribution in [2.75, 3.05) is 27.2 Å². The molecule has 0 aromatic heterocycles. The van der Waals surface area contributed by atoms with Gasteiger partial charge in [0.05, 0.1) is 13.2 Å². The number of likely N-dealkylation sites (N-methyl/N-ethyl adjacent to an activating group) is 2. The molecule has 360 valence electrons. The average Bonchev–Trinajstić information content (AvgIpc) is 3.27. The topological polar surface area (TPSA) is 255 Å². The zero-order chi connectivity index (χ0) is 48.1. The highest BCUT2D eigenvalue weighted by atomic mass is 16.4. The third-order valence-corrected chi connectivity index (χ3v) is 12.0.